The van der Waals surface area contributed by atoms with Crippen LogP contribution in [0.4, 0.5) is 0 Å². The average Bonchev–Trinajstić information content (AvgIpc) is 3.01. The summed E-state index contributed by atoms with van der Waals surface area (Å²) < 4.78 is 0. The largest absolute Gasteiger partial charge is 0.246 e. The predicted molar refractivity (Wildman–Crippen MR) is 109 cm³/mol. The van der Waals surface area contributed by atoms with Gasteiger partial charge in [-0.1, -0.05) is 62.2 Å². The van der Waals surface area contributed by atoms with Gasteiger partial charge in [-0.3, -0.25) is 0 Å². The Morgan fingerprint density at radius 1 is 1.04 bits per heavy atom. The Kier molecular flexibility index (Phi) is 6.20. The maximum absolute atomic E-state index is 9.30. The first-order valence-corrected chi connectivity index (χ1v) is 10.1. The van der Waals surface area contributed by atoms with Crippen molar-refractivity contribution in [1.29, 1.82) is 5.26 Å². The molecule has 3 rings (SSSR count). The summed E-state index contributed by atoms with van der Waals surface area (Å²) in [5.41, 5.74) is 5.38. The van der Waals surface area contributed by atoms with Crippen molar-refractivity contribution < 1.29 is 0 Å². The fraction of sp³-hybridized carbons (Fsp3) is 0.304. The fourth-order valence-electron chi connectivity index (χ4n) is 3.21. The summed E-state index contributed by atoms with van der Waals surface area (Å²) in [7, 11) is 0. The van der Waals surface area contributed by atoms with Gasteiger partial charge in [0.15, 0.2) is 0 Å². The van der Waals surface area contributed by atoms with Gasteiger partial charge in [-0.15, -0.1) is 11.3 Å². The van der Waals surface area contributed by atoms with Gasteiger partial charge in [0.2, 0.25) is 0 Å². The number of nitrogens with zero attached hydrogens (tertiary/aromatic N) is 2. The molecule has 0 N–H and O–H groups in total. The average molecular weight is 361 g/mol. The topological polar surface area (TPSA) is 36.7 Å². The molecule has 2 nitrogen and oxygen atoms in total. The monoisotopic (exact) mass is 360 g/mol. The molecule has 0 aliphatic carbocycles. The zero-order valence-electron chi connectivity index (χ0n) is 15.5. The Morgan fingerprint density at radius 3 is 2.54 bits per heavy atom. The van der Waals surface area contributed by atoms with Gasteiger partial charge >= 0.3 is 0 Å². The Hall–Kier alpha value is -2.44. The van der Waals surface area contributed by atoms with Gasteiger partial charge in [0.25, 0.3) is 0 Å². The van der Waals surface area contributed by atoms with Crippen LogP contribution in [-0.2, 0) is 12.8 Å². The van der Waals surface area contributed by atoms with Gasteiger partial charge in [-0.05, 0) is 42.5 Å². The van der Waals surface area contributed by atoms with Crippen LogP contribution >= 0.6 is 11.3 Å². The highest BCUT2D eigenvalue weighted by atomic mass is 32.1. The van der Waals surface area contributed by atoms with Crippen molar-refractivity contribution in [3.05, 3.63) is 75.2 Å². The molecule has 26 heavy (non-hydrogen) atoms. The Labute approximate surface area is 160 Å². The summed E-state index contributed by atoms with van der Waals surface area (Å²) in [6, 6.07) is 18.6. The first-order valence-electron chi connectivity index (χ1n) is 9.25. The number of rotatable bonds is 7. The molecule has 0 saturated carbocycles. The van der Waals surface area contributed by atoms with Crippen molar-refractivity contribution in [3.63, 3.8) is 0 Å². The van der Waals surface area contributed by atoms with E-state index in [-0.39, 0.29) is 0 Å². The molecule has 0 aliphatic heterocycles. The van der Waals surface area contributed by atoms with Crippen LogP contribution in [0.5, 0.6) is 0 Å². The molecule has 0 fully saturated rings. The van der Waals surface area contributed by atoms with Crippen LogP contribution in [-0.4, -0.2) is 4.98 Å². The van der Waals surface area contributed by atoms with Gasteiger partial charge in [0.05, 0.1) is 22.3 Å². The summed E-state index contributed by atoms with van der Waals surface area (Å²) in [5, 5.41) is 10.5. The molecule has 3 heteroatoms. The minimum Gasteiger partial charge on any atom is -0.246 e. The fourth-order valence-corrected chi connectivity index (χ4v) is 4.22. The number of hydrogen-bond acceptors (Lipinski definition) is 3. The lowest BCUT2D eigenvalue weighted by atomic mass is 9.98. The molecular formula is C23H24N2S. The van der Waals surface area contributed by atoms with Crippen molar-refractivity contribution in [1.82, 2.24) is 4.98 Å². The molecule has 2 aromatic carbocycles. The lowest BCUT2D eigenvalue weighted by molar-refractivity contribution is 0.706. The van der Waals surface area contributed by atoms with Crippen LogP contribution < -0.4 is 0 Å². The van der Waals surface area contributed by atoms with E-state index in [4.69, 9.17) is 4.98 Å². The van der Waals surface area contributed by atoms with Crippen molar-refractivity contribution in [2.75, 3.05) is 0 Å². The van der Waals surface area contributed by atoms with Crippen LogP contribution in [0.3, 0.4) is 0 Å². The van der Waals surface area contributed by atoms with Gasteiger partial charge in [-0.25, -0.2) is 4.98 Å². The Morgan fingerprint density at radius 2 is 1.81 bits per heavy atom. The molecule has 0 aliphatic rings. The number of nitriles is 1. The molecule has 3 aromatic rings. The first kappa shape index (κ1) is 18.4. The van der Waals surface area contributed by atoms with Crippen LogP contribution in [0.25, 0.3) is 11.1 Å². The molecule has 0 spiro atoms. The second-order valence-electron chi connectivity index (χ2n) is 6.59. The van der Waals surface area contributed by atoms with Crippen molar-refractivity contribution in [2.24, 2.45) is 0 Å². The van der Waals surface area contributed by atoms with Crippen LogP contribution in [0.2, 0.25) is 0 Å². The molecule has 0 unspecified atom stereocenters. The minimum atomic E-state index is 0.719. The number of benzene rings is 2. The Balaban J connectivity index is 1.77. The normalized spacial score (nSPS) is 10.7. The lowest BCUT2D eigenvalue weighted by Gasteiger charge is -2.07. The molecular weight excluding hydrogens is 336 g/mol. The van der Waals surface area contributed by atoms with Crippen molar-refractivity contribution in [3.8, 4) is 17.2 Å². The van der Waals surface area contributed by atoms with Gasteiger partial charge in [0, 0.05) is 11.3 Å². The van der Waals surface area contributed by atoms with E-state index >= 15 is 0 Å². The van der Waals surface area contributed by atoms with E-state index < -0.39 is 0 Å². The Bertz CT molecular complexity index is 901. The third-order valence-electron chi connectivity index (χ3n) is 4.58. The maximum Gasteiger partial charge on any atom is 0.0998 e. The lowest BCUT2D eigenvalue weighted by Crippen LogP contribution is -1.94. The van der Waals surface area contributed by atoms with E-state index in [0.717, 1.165) is 34.5 Å². The number of aryl methyl sites for hydroxylation is 2. The van der Waals surface area contributed by atoms with Crippen LogP contribution in [0.15, 0.2) is 48.5 Å². The molecule has 1 heterocycles. The van der Waals surface area contributed by atoms with Gasteiger partial charge < -0.3 is 0 Å². The molecule has 1 aromatic heterocycles. The SMILES string of the molecule is CCCCCc1nc(C)sc1Cc1ccc(-c2ccccc2C#N)cc1. The van der Waals surface area contributed by atoms with Crippen molar-refractivity contribution >= 4 is 11.3 Å². The van der Waals surface area contributed by atoms with Crippen molar-refractivity contribution in [2.45, 2.75) is 46.0 Å². The molecule has 0 radical (unpaired) electrons. The highest BCUT2D eigenvalue weighted by molar-refractivity contribution is 7.11. The predicted octanol–water partition coefficient (Wildman–Crippen LogP) is 6.31. The van der Waals surface area contributed by atoms with Crippen LogP contribution in [0.1, 0.15) is 52.9 Å². The highest BCUT2D eigenvalue weighted by Crippen LogP contribution is 2.26. The first-order chi connectivity index (χ1) is 12.7. The van der Waals surface area contributed by atoms with Gasteiger partial charge in [-0.2, -0.15) is 5.26 Å². The maximum atomic E-state index is 9.30. The van der Waals surface area contributed by atoms with Crippen LogP contribution in [0, 0.1) is 18.3 Å². The molecule has 0 bridgehead atoms. The standard InChI is InChI=1S/C23H24N2S/c1-3-4-5-10-22-23(26-17(2)25-22)15-18-11-13-19(14-12-18)21-9-7-6-8-20(21)16-24/h6-9,11-14H,3-5,10,15H2,1-2H3. The molecule has 132 valence electrons. The van der Waals surface area contributed by atoms with Gasteiger partial charge in [0.1, 0.15) is 0 Å². The second-order valence-corrected chi connectivity index (χ2v) is 7.88. The third-order valence-corrected chi connectivity index (χ3v) is 5.59. The summed E-state index contributed by atoms with van der Waals surface area (Å²) in [6.45, 7) is 4.33. The molecule has 0 atom stereocenters. The van der Waals surface area contributed by atoms with E-state index in [1.807, 2.05) is 35.6 Å². The number of hydrogen-bond donors (Lipinski definition) is 0. The summed E-state index contributed by atoms with van der Waals surface area (Å²) in [4.78, 5) is 6.14. The summed E-state index contributed by atoms with van der Waals surface area (Å²) in [5.74, 6) is 0. The smallest absolute Gasteiger partial charge is 0.0998 e. The minimum absolute atomic E-state index is 0.719. The summed E-state index contributed by atoms with van der Waals surface area (Å²) in [6.07, 6.45) is 5.75. The van der Waals surface area contributed by atoms with E-state index in [9.17, 15) is 5.26 Å². The van der Waals surface area contributed by atoms with E-state index in [0.29, 0.717) is 0 Å². The number of thiazole rings is 1. The zero-order valence-corrected chi connectivity index (χ0v) is 16.3. The van der Waals surface area contributed by atoms with E-state index in [1.54, 1.807) is 0 Å². The number of unbranched alkanes of at least 4 members (excludes halogenated alkanes) is 2. The highest BCUT2D eigenvalue weighted by Gasteiger charge is 2.10. The molecule has 0 saturated heterocycles. The third kappa shape index (κ3) is 4.39. The molecule has 0 amide bonds. The van der Waals surface area contributed by atoms with E-state index in [2.05, 4.69) is 44.2 Å². The zero-order chi connectivity index (χ0) is 18.4. The quantitative estimate of drug-likeness (QED) is 0.463. The van der Waals surface area contributed by atoms with E-state index in [1.165, 1.54) is 35.4 Å². The second kappa shape index (κ2) is 8.78. The number of aromatic nitrogens is 1. The summed E-state index contributed by atoms with van der Waals surface area (Å²) >= 11 is 1.82.